The fraction of sp³-hybridized carbons (Fsp3) is 0.720. The van der Waals surface area contributed by atoms with Gasteiger partial charge >= 0.3 is 0 Å². The van der Waals surface area contributed by atoms with Crippen LogP contribution in [-0.4, -0.2) is 69.6 Å². The average Bonchev–Trinajstić information content (AvgIpc) is 3.62. The number of guanidine groups is 1. The van der Waals surface area contributed by atoms with Crippen molar-refractivity contribution in [2.45, 2.75) is 69.5 Å². The van der Waals surface area contributed by atoms with E-state index in [-0.39, 0.29) is 5.41 Å². The van der Waals surface area contributed by atoms with E-state index in [2.05, 4.69) is 35.3 Å². The molecule has 0 radical (unpaired) electrons. The third kappa shape index (κ3) is 5.72. The Balaban J connectivity index is 1.31. The average molecular weight is 430 g/mol. The number of aliphatic imine (C=N–C) groups is 1. The molecule has 1 aromatic carbocycles. The Hall–Kier alpha value is -1.79. The third-order valence-corrected chi connectivity index (χ3v) is 6.93. The zero-order valence-corrected chi connectivity index (χ0v) is 19.3. The van der Waals surface area contributed by atoms with Crippen molar-refractivity contribution in [3.63, 3.8) is 0 Å². The van der Waals surface area contributed by atoms with Gasteiger partial charge in [-0.05, 0) is 57.9 Å². The number of methoxy groups -OCH3 is 1. The molecule has 1 atom stereocenters. The highest BCUT2D eigenvalue weighted by molar-refractivity contribution is 5.80. The van der Waals surface area contributed by atoms with Crippen molar-refractivity contribution in [3.8, 4) is 5.75 Å². The van der Waals surface area contributed by atoms with Crippen LogP contribution >= 0.6 is 0 Å². The topological polar surface area (TPSA) is 55.3 Å². The van der Waals surface area contributed by atoms with Crippen LogP contribution in [0.1, 0.15) is 57.4 Å². The first kappa shape index (κ1) is 22.4. The van der Waals surface area contributed by atoms with Gasteiger partial charge in [0.2, 0.25) is 0 Å². The number of likely N-dealkylation sites (tertiary alicyclic amines) is 1. The number of hydrogen-bond acceptors (Lipinski definition) is 4. The minimum atomic E-state index is 0.134. The van der Waals surface area contributed by atoms with Gasteiger partial charge in [-0.15, -0.1) is 0 Å². The van der Waals surface area contributed by atoms with Crippen LogP contribution in [0.4, 0.5) is 0 Å². The molecule has 0 amide bonds. The number of ether oxygens (including phenoxy) is 3. The summed E-state index contributed by atoms with van der Waals surface area (Å²) in [4.78, 5) is 7.48. The maximum atomic E-state index is 6.19. The van der Waals surface area contributed by atoms with Gasteiger partial charge in [-0.3, -0.25) is 4.99 Å². The standard InChI is InChI=1S/C25H39N3O3/c1-3-26-24(27-19-25(13-14-25)22-9-4-5-10-23(22)29-2)28-15-11-20(12-16-28)31-18-21-8-6-7-17-30-21/h4-5,9-10,20-21H,3,6-8,11-19H2,1-2H3,(H,26,27). The highest BCUT2D eigenvalue weighted by atomic mass is 16.5. The second-order valence-electron chi connectivity index (χ2n) is 9.16. The summed E-state index contributed by atoms with van der Waals surface area (Å²) in [5.74, 6) is 2.03. The van der Waals surface area contributed by atoms with Gasteiger partial charge in [-0.25, -0.2) is 0 Å². The molecular formula is C25H39N3O3. The summed E-state index contributed by atoms with van der Waals surface area (Å²) in [6, 6.07) is 8.41. The number of para-hydroxylation sites is 1. The molecule has 1 aliphatic carbocycles. The molecule has 2 heterocycles. The Labute approximate surface area is 187 Å². The Bertz CT molecular complexity index is 720. The van der Waals surface area contributed by atoms with Crippen LogP contribution in [0.2, 0.25) is 0 Å². The van der Waals surface area contributed by atoms with Crippen LogP contribution in [-0.2, 0) is 14.9 Å². The summed E-state index contributed by atoms with van der Waals surface area (Å²) < 4.78 is 17.6. The van der Waals surface area contributed by atoms with Gasteiger partial charge in [0.25, 0.3) is 0 Å². The largest absolute Gasteiger partial charge is 0.496 e. The van der Waals surface area contributed by atoms with E-state index in [4.69, 9.17) is 19.2 Å². The Kier molecular flexibility index (Phi) is 7.72. The number of benzene rings is 1. The van der Waals surface area contributed by atoms with Crippen LogP contribution < -0.4 is 10.1 Å². The van der Waals surface area contributed by atoms with E-state index in [1.807, 2.05) is 6.07 Å². The minimum absolute atomic E-state index is 0.134. The van der Waals surface area contributed by atoms with E-state index in [0.717, 1.165) is 70.4 Å². The van der Waals surface area contributed by atoms with Crippen LogP contribution in [0.25, 0.3) is 0 Å². The maximum Gasteiger partial charge on any atom is 0.193 e. The highest BCUT2D eigenvalue weighted by Gasteiger charge is 2.46. The zero-order chi connectivity index (χ0) is 21.5. The van der Waals surface area contributed by atoms with Gasteiger partial charge < -0.3 is 24.4 Å². The Morgan fingerprint density at radius 1 is 1.19 bits per heavy atom. The lowest BCUT2D eigenvalue weighted by molar-refractivity contribution is -0.0721. The van der Waals surface area contributed by atoms with E-state index in [1.54, 1.807) is 7.11 Å². The molecule has 31 heavy (non-hydrogen) atoms. The van der Waals surface area contributed by atoms with Gasteiger partial charge in [0, 0.05) is 37.2 Å². The smallest absolute Gasteiger partial charge is 0.193 e. The molecule has 4 rings (SSSR count). The number of piperidine rings is 1. The van der Waals surface area contributed by atoms with Gasteiger partial charge in [0.1, 0.15) is 5.75 Å². The second-order valence-corrected chi connectivity index (χ2v) is 9.16. The minimum Gasteiger partial charge on any atom is -0.496 e. The van der Waals surface area contributed by atoms with Gasteiger partial charge in [-0.1, -0.05) is 18.2 Å². The number of nitrogens with zero attached hydrogens (tertiary/aromatic N) is 2. The van der Waals surface area contributed by atoms with Crippen molar-refractivity contribution in [1.82, 2.24) is 10.2 Å². The van der Waals surface area contributed by atoms with E-state index in [1.165, 1.54) is 31.2 Å². The first-order valence-corrected chi connectivity index (χ1v) is 12.1. The maximum absolute atomic E-state index is 6.19. The number of rotatable bonds is 8. The second kappa shape index (κ2) is 10.7. The SMILES string of the molecule is CCNC(=NCC1(c2ccccc2OC)CC1)N1CCC(OCC2CCCCO2)CC1. The summed E-state index contributed by atoms with van der Waals surface area (Å²) in [7, 11) is 1.76. The van der Waals surface area contributed by atoms with Gasteiger partial charge in [0.05, 0.1) is 32.5 Å². The van der Waals surface area contributed by atoms with Crippen molar-refractivity contribution < 1.29 is 14.2 Å². The van der Waals surface area contributed by atoms with Crippen molar-refractivity contribution in [2.24, 2.45) is 4.99 Å². The van der Waals surface area contributed by atoms with Gasteiger partial charge in [0.15, 0.2) is 5.96 Å². The first-order valence-electron chi connectivity index (χ1n) is 12.1. The molecule has 6 heteroatoms. The van der Waals surface area contributed by atoms with Crippen LogP contribution in [0.15, 0.2) is 29.3 Å². The Morgan fingerprint density at radius 2 is 2.00 bits per heavy atom. The summed E-state index contributed by atoms with van der Waals surface area (Å²) in [6.45, 7) is 7.46. The third-order valence-electron chi connectivity index (χ3n) is 6.93. The predicted molar refractivity (Wildman–Crippen MR) is 124 cm³/mol. The zero-order valence-electron chi connectivity index (χ0n) is 19.3. The molecule has 2 saturated heterocycles. The van der Waals surface area contributed by atoms with E-state index in [0.29, 0.717) is 12.2 Å². The Morgan fingerprint density at radius 3 is 2.68 bits per heavy atom. The van der Waals surface area contributed by atoms with Crippen molar-refractivity contribution in [2.75, 3.05) is 46.5 Å². The molecule has 1 saturated carbocycles. The monoisotopic (exact) mass is 429 g/mol. The van der Waals surface area contributed by atoms with Crippen molar-refractivity contribution in [3.05, 3.63) is 29.8 Å². The molecule has 2 aliphatic heterocycles. The molecule has 0 aromatic heterocycles. The first-order chi connectivity index (χ1) is 15.2. The lowest BCUT2D eigenvalue weighted by atomic mass is 9.95. The summed E-state index contributed by atoms with van der Waals surface area (Å²) in [5.41, 5.74) is 1.43. The molecule has 172 valence electrons. The van der Waals surface area contributed by atoms with Crippen LogP contribution in [0.3, 0.4) is 0 Å². The molecule has 1 aromatic rings. The number of hydrogen-bond donors (Lipinski definition) is 1. The van der Waals surface area contributed by atoms with Crippen molar-refractivity contribution >= 4 is 5.96 Å². The van der Waals surface area contributed by atoms with E-state index >= 15 is 0 Å². The lowest BCUT2D eigenvalue weighted by Crippen LogP contribution is -2.47. The van der Waals surface area contributed by atoms with E-state index in [9.17, 15) is 0 Å². The lowest BCUT2D eigenvalue weighted by Gasteiger charge is -2.35. The number of nitrogens with one attached hydrogen (secondary N) is 1. The van der Waals surface area contributed by atoms with Crippen LogP contribution in [0.5, 0.6) is 5.75 Å². The van der Waals surface area contributed by atoms with E-state index < -0.39 is 0 Å². The quantitative estimate of drug-likeness (QED) is 0.504. The predicted octanol–water partition coefficient (Wildman–Crippen LogP) is 3.74. The molecule has 1 unspecified atom stereocenters. The molecule has 0 spiro atoms. The summed E-state index contributed by atoms with van der Waals surface area (Å²) in [6.07, 6.45) is 8.70. The highest BCUT2D eigenvalue weighted by Crippen LogP contribution is 2.51. The molecular weight excluding hydrogens is 390 g/mol. The molecule has 3 fully saturated rings. The summed E-state index contributed by atoms with van der Waals surface area (Å²) >= 11 is 0. The summed E-state index contributed by atoms with van der Waals surface area (Å²) in [5, 5.41) is 3.52. The van der Waals surface area contributed by atoms with Gasteiger partial charge in [-0.2, -0.15) is 0 Å². The normalized spacial score (nSPS) is 24.1. The van der Waals surface area contributed by atoms with Crippen molar-refractivity contribution in [1.29, 1.82) is 0 Å². The molecule has 0 bridgehead atoms. The van der Waals surface area contributed by atoms with Crippen LogP contribution in [0, 0.1) is 0 Å². The molecule has 3 aliphatic rings. The molecule has 1 N–H and O–H groups in total. The molecule has 6 nitrogen and oxygen atoms in total. The fourth-order valence-corrected chi connectivity index (χ4v) is 4.81. The fourth-order valence-electron chi connectivity index (χ4n) is 4.81.